The highest BCUT2D eigenvalue weighted by atomic mass is 79.9. The van der Waals surface area contributed by atoms with Gasteiger partial charge in [-0.15, -0.1) is 0 Å². The number of benzene rings is 2. The van der Waals surface area contributed by atoms with Crippen molar-refractivity contribution in [1.82, 2.24) is 0 Å². The minimum Gasteiger partial charge on any atom is -0.508 e. The SMILES string of the molecule is CCOC(=O)C(Nc1cccc(Br)c1)c1cccc(O)c1. The van der Waals surface area contributed by atoms with Crippen LogP contribution in [0.25, 0.3) is 0 Å². The molecule has 0 radical (unpaired) electrons. The topological polar surface area (TPSA) is 58.6 Å². The van der Waals surface area contributed by atoms with Crippen molar-refractivity contribution in [3.8, 4) is 5.75 Å². The van der Waals surface area contributed by atoms with E-state index in [4.69, 9.17) is 4.74 Å². The van der Waals surface area contributed by atoms with Crippen molar-refractivity contribution in [3.63, 3.8) is 0 Å². The normalized spacial score (nSPS) is 11.7. The van der Waals surface area contributed by atoms with E-state index in [0.717, 1.165) is 10.2 Å². The quantitative estimate of drug-likeness (QED) is 0.804. The molecule has 110 valence electrons. The smallest absolute Gasteiger partial charge is 0.333 e. The Labute approximate surface area is 131 Å². The largest absolute Gasteiger partial charge is 0.508 e. The van der Waals surface area contributed by atoms with Crippen molar-refractivity contribution >= 4 is 27.6 Å². The van der Waals surface area contributed by atoms with Crippen molar-refractivity contribution in [2.24, 2.45) is 0 Å². The molecule has 0 bridgehead atoms. The van der Waals surface area contributed by atoms with Gasteiger partial charge in [-0.2, -0.15) is 0 Å². The number of nitrogens with one attached hydrogen (secondary N) is 1. The molecule has 2 N–H and O–H groups in total. The predicted molar refractivity (Wildman–Crippen MR) is 85.2 cm³/mol. The van der Waals surface area contributed by atoms with Crippen molar-refractivity contribution in [3.05, 3.63) is 58.6 Å². The fourth-order valence-corrected chi connectivity index (χ4v) is 2.35. The summed E-state index contributed by atoms with van der Waals surface area (Å²) in [6.45, 7) is 2.06. The summed E-state index contributed by atoms with van der Waals surface area (Å²) >= 11 is 3.39. The molecule has 21 heavy (non-hydrogen) atoms. The van der Waals surface area contributed by atoms with Gasteiger partial charge < -0.3 is 15.2 Å². The van der Waals surface area contributed by atoms with Gasteiger partial charge in [-0.1, -0.05) is 34.1 Å². The lowest BCUT2D eigenvalue weighted by Crippen LogP contribution is -2.23. The molecule has 0 aliphatic rings. The number of hydrogen-bond acceptors (Lipinski definition) is 4. The first-order valence-electron chi connectivity index (χ1n) is 6.58. The summed E-state index contributed by atoms with van der Waals surface area (Å²) in [5.74, 6) is -0.277. The fourth-order valence-electron chi connectivity index (χ4n) is 1.95. The van der Waals surface area contributed by atoms with E-state index in [9.17, 15) is 9.90 Å². The molecule has 1 unspecified atom stereocenters. The molecule has 0 aromatic heterocycles. The minimum atomic E-state index is -0.675. The molecule has 0 aliphatic carbocycles. The lowest BCUT2D eigenvalue weighted by molar-refractivity contribution is -0.144. The van der Waals surface area contributed by atoms with Crippen molar-refractivity contribution in [2.45, 2.75) is 13.0 Å². The zero-order chi connectivity index (χ0) is 15.2. The van der Waals surface area contributed by atoms with E-state index in [-0.39, 0.29) is 11.7 Å². The van der Waals surface area contributed by atoms with Gasteiger partial charge in [-0.25, -0.2) is 4.79 Å². The Balaban J connectivity index is 2.30. The molecule has 0 aliphatic heterocycles. The summed E-state index contributed by atoms with van der Waals surface area (Å²) in [6, 6.07) is 13.4. The molecule has 2 aromatic carbocycles. The van der Waals surface area contributed by atoms with Gasteiger partial charge in [0.05, 0.1) is 6.61 Å². The van der Waals surface area contributed by atoms with Crippen LogP contribution in [0.5, 0.6) is 5.75 Å². The number of phenols is 1. The van der Waals surface area contributed by atoms with Gasteiger partial charge in [0.2, 0.25) is 0 Å². The standard InChI is InChI=1S/C16H16BrNO3/c1-2-21-16(20)15(11-5-3-8-14(19)9-11)18-13-7-4-6-12(17)10-13/h3-10,15,18-19H,2H2,1H3. The van der Waals surface area contributed by atoms with Crippen LogP contribution < -0.4 is 5.32 Å². The number of phenolic OH excluding ortho intramolecular Hbond substituents is 1. The van der Waals surface area contributed by atoms with Crippen LogP contribution in [-0.4, -0.2) is 17.7 Å². The third-order valence-corrected chi connectivity index (χ3v) is 3.35. The van der Waals surface area contributed by atoms with Crippen molar-refractivity contribution in [1.29, 1.82) is 0 Å². The maximum Gasteiger partial charge on any atom is 0.333 e. The summed E-state index contributed by atoms with van der Waals surface area (Å²) in [5.41, 5.74) is 1.43. The Kier molecular flexibility index (Phi) is 5.22. The maximum absolute atomic E-state index is 12.2. The highest BCUT2D eigenvalue weighted by Gasteiger charge is 2.22. The fraction of sp³-hybridized carbons (Fsp3) is 0.188. The molecule has 5 heteroatoms. The molecule has 0 saturated heterocycles. The minimum absolute atomic E-state index is 0.109. The molecule has 0 heterocycles. The third kappa shape index (κ3) is 4.23. The number of aromatic hydroxyl groups is 1. The zero-order valence-corrected chi connectivity index (χ0v) is 13.1. The van der Waals surface area contributed by atoms with Crippen LogP contribution in [0.3, 0.4) is 0 Å². The molecule has 2 aromatic rings. The first-order chi connectivity index (χ1) is 10.1. The summed E-state index contributed by atoms with van der Waals surface area (Å²) in [6.07, 6.45) is 0. The molecule has 0 fully saturated rings. The third-order valence-electron chi connectivity index (χ3n) is 2.86. The maximum atomic E-state index is 12.2. The van der Waals surface area contributed by atoms with Crippen LogP contribution in [0, 0.1) is 0 Å². The van der Waals surface area contributed by atoms with Gasteiger partial charge in [0, 0.05) is 10.2 Å². The number of carbonyl (C=O) groups is 1. The summed E-state index contributed by atoms with van der Waals surface area (Å²) in [7, 11) is 0. The summed E-state index contributed by atoms with van der Waals surface area (Å²) in [4.78, 5) is 12.2. The van der Waals surface area contributed by atoms with Crippen molar-refractivity contribution in [2.75, 3.05) is 11.9 Å². The van der Waals surface area contributed by atoms with E-state index in [1.807, 2.05) is 24.3 Å². The number of rotatable bonds is 5. The highest BCUT2D eigenvalue weighted by molar-refractivity contribution is 9.10. The van der Waals surface area contributed by atoms with E-state index in [2.05, 4.69) is 21.2 Å². The Hall–Kier alpha value is -2.01. The Morgan fingerprint density at radius 1 is 1.29 bits per heavy atom. The van der Waals surface area contributed by atoms with Crippen LogP contribution in [0.4, 0.5) is 5.69 Å². The number of anilines is 1. The molecule has 1 atom stereocenters. The van der Waals surface area contributed by atoms with Gasteiger partial charge in [-0.05, 0) is 42.8 Å². The number of carbonyl (C=O) groups excluding carboxylic acids is 1. The lowest BCUT2D eigenvalue weighted by atomic mass is 10.1. The second-order valence-electron chi connectivity index (χ2n) is 4.43. The average molecular weight is 350 g/mol. The first-order valence-corrected chi connectivity index (χ1v) is 7.37. The van der Waals surface area contributed by atoms with E-state index in [1.165, 1.54) is 0 Å². The average Bonchev–Trinajstić information content (AvgIpc) is 2.45. The molecular formula is C16H16BrNO3. The van der Waals surface area contributed by atoms with Crippen LogP contribution in [-0.2, 0) is 9.53 Å². The van der Waals surface area contributed by atoms with E-state index >= 15 is 0 Å². The predicted octanol–water partition coefficient (Wildman–Crippen LogP) is 3.87. The van der Waals surface area contributed by atoms with E-state index in [1.54, 1.807) is 31.2 Å². The molecule has 2 rings (SSSR count). The van der Waals surface area contributed by atoms with E-state index < -0.39 is 6.04 Å². The summed E-state index contributed by atoms with van der Waals surface area (Å²) < 4.78 is 6.01. The van der Waals surface area contributed by atoms with Crippen LogP contribution >= 0.6 is 15.9 Å². The Bertz CT molecular complexity index is 630. The van der Waals surface area contributed by atoms with Crippen LogP contribution in [0.15, 0.2) is 53.0 Å². The molecule has 4 nitrogen and oxygen atoms in total. The van der Waals surface area contributed by atoms with Crippen LogP contribution in [0.2, 0.25) is 0 Å². The van der Waals surface area contributed by atoms with E-state index in [0.29, 0.717) is 12.2 Å². The zero-order valence-electron chi connectivity index (χ0n) is 11.5. The highest BCUT2D eigenvalue weighted by Crippen LogP contribution is 2.25. The molecule has 0 saturated carbocycles. The number of ether oxygens (including phenoxy) is 1. The lowest BCUT2D eigenvalue weighted by Gasteiger charge is -2.19. The van der Waals surface area contributed by atoms with Gasteiger partial charge >= 0.3 is 5.97 Å². The number of esters is 1. The molecule has 0 spiro atoms. The number of hydrogen-bond donors (Lipinski definition) is 2. The van der Waals surface area contributed by atoms with Gasteiger partial charge in [0.1, 0.15) is 5.75 Å². The molecular weight excluding hydrogens is 334 g/mol. The first kappa shape index (κ1) is 15.4. The Morgan fingerprint density at radius 2 is 2.05 bits per heavy atom. The van der Waals surface area contributed by atoms with Gasteiger partial charge in [0.25, 0.3) is 0 Å². The number of halogens is 1. The molecule has 0 amide bonds. The monoisotopic (exact) mass is 349 g/mol. The second kappa shape index (κ2) is 7.13. The van der Waals surface area contributed by atoms with Crippen molar-refractivity contribution < 1.29 is 14.6 Å². The Morgan fingerprint density at radius 3 is 2.71 bits per heavy atom. The summed E-state index contributed by atoms with van der Waals surface area (Å²) in [5, 5.41) is 12.7. The van der Waals surface area contributed by atoms with Crippen LogP contribution in [0.1, 0.15) is 18.5 Å². The van der Waals surface area contributed by atoms with Gasteiger partial charge in [0.15, 0.2) is 6.04 Å². The second-order valence-corrected chi connectivity index (χ2v) is 5.35. The van der Waals surface area contributed by atoms with Gasteiger partial charge in [-0.3, -0.25) is 0 Å².